The minimum absolute atomic E-state index is 0.00907. The maximum Gasteiger partial charge on any atom is 0.472 e. The number of unbranched alkanes of at least 4 members (excludes halogenated alkanes) is 9. The fourth-order valence-corrected chi connectivity index (χ4v) is 7.43. The Kier molecular flexibility index (Phi) is 32.7. The predicted octanol–water partition coefficient (Wildman–Crippen LogP) is 8.88. The van der Waals surface area contributed by atoms with Crippen molar-refractivity contribution in [3.63, 3.8) is 0 Å². The third-order valence-corrected chi connectivity index (χ3v) is 11.0. The zero-order valence-electron chi connectivity index (χ0n) is 35.6. The van der Waals surface area contributed by atoms with Gasteiger partial charge < -0.3 is 35.4 Å². The Bertz CT molecular complexity index is 1250. The number of hydrogen-bond donors (Lipinski definition) is 5. The number of phosphoric ester groups is 1. The van der Waals surface area contributed by atoms with Crippen molar-refractivity contribution in [2.45, 2.75) is 173 Å². The lowest BCUT2D eigenvalue weighted by molar-refractivity contribution is -0.161. The van der Waals surface area contributed by atoms with Crippen LogP contribution in [0.2, 0.25) is 0 Å². The van der Waals surface area contributed by atoms with E-state index in [1.165, 1.54) is 19.3 Å². The predicted molar refractivity (Wildman–Crippen MR) is 231 cm³/mol. The van der Waals surface area contributed by atoms with Crippen LogP contribution in [0.4, 0.5) is 0 Å². The molecular weight excluding hydrogens is 761 g/mol. The zero-order chi connectivity index (χ0) is 42.7. The highest BCUT2D eigenvalue weighted by atomic mass is 31.2. The molecule has 334 valence electrons. The Morgan fingerprint density at radius 3 is 2.00 bits per heavy atom. The summed E-state index contributed by atoms with van der Waals surface area (Å²) < 4.78 is 32.7. The molecule has 1 unspecified atom stereocenters. The molecule has 0 aromatic rings. The first kappa shape index (κ1) is 53.6. The second kappa shape index (κ2) is 35.4. The largest absolute Gasteiger partial charge is 0.472 e. The van der Waals surface area contributed by atoms with Gasteiger partial charge in [-0.15, -0.1) is 0 Å². The lowest BCUT2D eigenvalue weighted by Gasteiger charge is -2.21. The molecule has 58 heavy (non-hydrogen) atoms. The van der Waals surface area contributed by atoms with Crippen molar-refractivity contribution in [2.75, 3.05) is 26.4 Å². The highest BCUT2D eigenvalue weighted by Crippen LogP contribution is 2.43. The number of esters is 2. The van der Waals surface area contributed by atoms with E-state index >= 15 is 0 Å². The molecule has 1 aliphatic rings. The lowest BCUT2D eigenvalue weighted by Crippen LogP contribution is -2.29. The molecule has 0 radical (unpaired) electrons. The Hall–Kier alpha value is -2.41. The fourth-order valence-electron chi connectivity index (χ4n) is 6.66. The monoisotopic (exact) mass is 840 g/mol. The first-order valence-corrected chi connectivity index (χ1v) is 23.5. The first-order valence-electron chi connectivity index (χ1n) is 22.0. The molecule has 1 aliphatic carbocycles. The van der Waals surface area contributed by atoms with Gasteiger partial charge in [-0.05, 0) is 70.1 Å². The van der Waals surface area contributed by atoms with Crippen molar-refractivity contribution in [3.05, 3.63) is 60.8 Å². The van der Waals surface area contributed by atoms with Crippen LogP contribution in [0.15, 0.2) is 60.8 Å². The number of aliphatic hydroxyl groups excluding tert-OH is 3. The average molecular weight is 840 g/mol. The normalized spacial score (nSPS) is 20.9. The molecule has 0 aromatic heterocycles. The van der Waals surface area contributed by atoms with Crippen molar-refractivity contribution >= 4 is 19.8 Å². The molecule has 0 aromatic carbocycles. The average Bonchev–Trinajstić information content (AvgIpc) is 3.47. The molecule has 0 spiro atoms. The van der Waals surface area contributed by atoms with E-state index in [0.717, 1.165) is 64.2 Å². The van der Waals surface area contributed by atoms with Gasteiger partial charge in [-0.2, -0.15) is 0 Å². The van der Waals surface area contributed by atoms with Crippen molar-refractivity contribution < 1.29 is 52.9 Å². The molecule has 0 saturated heterocycles. The van der Waals surface area contributed by atoms with Gasteiger partial charge in [0.2, 0.25) is 0 Å². The number of carbonyl (C=O) groups excluding carboxylic acids is 2. The van der Waals surface area contributed by atoms with E-state index in [1.54, 1.807) is 6.08 Å². The summed E-state index contributed by atoms with van der Waals surface area (Å²) in [6.07, 6.45) is 34.7. The number of rotatable bonds is 36. The topological polar surface area (TPSA) is 195 Å². The minimum Gasteiger partial charge on any atom is -0.462 e. The highest BCUT2D eigenvalue weighted by Gasteiger charge is 2.39. The molecule has 12 nitrogen and oxygen atoms in total. The molecule has 7 atom stereocenters. The third kappa shape index (κ3) is 28.9. The summed E-state index contributed by atoms with van der Waals surface area (Å²) in [7, 11) is -4.45. The fraction of sp³-hybridized carbons (Fsp3) is 0.733. The van der Waals surface area contributed by atoms with Crippen LogP contribution < -0.4 is 5.73 Å². The summed E-state index contributed by atoms with van der Waals surface area (Å²) in [5.41, 5.74) is 5.34. The SMILES string of the molecule is CCCCC/C=C\C/C=C\C/C=C\C/C=C\CCCC(=O)OC[C@H](COP(=O)(O)OCCN)OC(=O)CCCCCC[C@@H]1[C@@H](/C=C/[C@@H](O)CCCCC)[C@H](O)C[C@@H]1O. The number of hydrogen-bond acceptors (Lipinski definition) is 11. The van der Waals surface area contributed by atoms with E-state index in [9.17, 15) is 34.4 Å². The van der Waals surface area contributed by atoms with Crippen molar-refractivity contribution in [3.8, 4) is 0 Å². The molecule has 0 aliphatic heterocycles. The van der Waals surface area contributed by atoms with E-state index in [0.29, 0.717) is 38.5 Å². The van der Waals surface area contributed by atoms with E-state index < -0.39 is 50.8 Å². The maximum atomic E-state index is 12.7. The number of ether oxygens (including phenoxy) is 2. The van der Waals surface area contributed by atoms with Gasteiger partial charge >= 0.3 is 19.8 Å². The summed E-state index contributed by atoms with van der Waals surface area (Å²) in [6.45, 7) is 3.28. The van der Waals surface area contributed by atoms with Gasteiger partial charge in [0.15, 0.2) is 6.10 Å². The van der Waals surface area contributed by atoms with Gasteiger partial charge in [-0.25, -0.2) is 4.57 Å². The summed E-state index contributed by atoms with van der Waals surface area (Å²) >= 11 is 0. The number of aliphatic hydroxyl groups is 3. The molecule has 1 fully saturated rings. The van der Waals surface area contributed by atoms with Gasteiger partial charge in [-0.1, -0.05) is 126 Å². The van der Waals surface area contributed by atoms with Gasteiger partial charge in [0, 0.05) is 31.7 Å². The summed E-state index contributed by atoms with van der Waals surface area (Å²) in [5.74, 6) is -1.35. The lowest BCUT2D eigenvalue weighted by atomic mass is 9.88. The van der Waals surface area contributed by atoms with Crippen molar-refractivity contribution in [1.82, 2.24) is 0 Å². The third-order valence-electron chi connectivity index (χ3n) is 9.98. The van der Waals surface area contributed by atoms with Gasteiger partial charge in [-0.3, -0.25) is 18.6 Å². The van der Waals surface area contributed by atoms with Crippen LogP contribution in [0.5, 0.6) is 0 Å². The molecule has 0 heterocycles. The van der Waals surface area contributed by atoms with Crippen molar-refractivity contribution in [1.29, 1.82) is 0 Å². The molecule has 13 heteroatoms. The standard InChI is InChI=1S/C45H78NO11P/c1-3-5-7-8-9-10-11-12-13-14-15-16-17-18-19-20-25-29-44(50)54-36-39(37-56-58(52,53)55-34-33-46)57-45(51)30-26-22-21-24-28-40-41(43(49)35-42(40)48)32-31-38(47)27-23-6-4-2/h9-10,12-13,15-16,18-19,31-32,38-43,47-49H,3-8,11,14,17,20-30,33-37,46H2,1-2H3,(H,52,53)/b10-9-,13-12-,16-15-,19-18-,32-31+/t38-,39+,40+,41+,42-,43+/m0/s1. The second-order valence-corrected chi connectivity index (χ2v) is 16.6. The highest BCUT2D eigenvalue weighted by molar-refractivity contribution is 7.47. The number of nitrogens with two attached hydrogens (primary N) is 1. The molecular formula is C45H78NO11P. The molecule has 0 bridgehead atoms. The maximum absolute atomic E-state index is 12.7. The Labute approximate surface area is 349 Å². The quantitative estimate of drug-likeness (QED) is 0.0174. The van der Waals surface area contributed by atoms with Crippen LogP contribution in [0.25, 0.3) is 0 Å². The van der Waals surface area contributed by atoms with E-state index in [4.69, 9.17) is 24.3 Å². The van der Waals surface area contributed by atoms with Crippen molar-refractivity contribution in [2.24, 2.45) is 17.6 Å². The molecule has 6 N–H and O–H groups in total. The Morgan fingerprint density at radius 1 is 0.741 bits per heavy atom. The summed E-state index contributed by atoms with van der Waals surface area (Å²) in [6, 6.07) is 0. The van der Waals surface area contributed by atoms with Crippen LogP contribution >= 0.6 is 7.82 Å². The number of carbonyl (C=O) groups is 2. The summed E-state index contributed by atoms with van der Waals surface area (Å²) in [4.78, 5) is 35.1. The Morgan fingerprint density at radius 2 is 1.34 bits per heavy atom. The van der Waals surface area contributed by atoms with Gasteiger partial charge in [0.05, 0.1) is 31.5 Å². The minimum atomic E-state index is -4.45. The van der Waals surface area contributed by atoms with Crippen LogP contribution in [0, 0.1) is 11.8 Å². The van der Waals surface area contributed by atoms with Gasteiger partial charge in [0.25, 0.3) is 0 Å². The van der Waals surface area contributed by atoms with E-state index in [-0.39, 0.29) is 44.4 Å². The molecule has 1 rings (SSSR count). The zero-order valence-corrected chi connectivity index (χ0v) is 36.5. The second-order valence-electron chi connectivity index (χ2n) is 15.2. The summed E-state index contributed by atoms with van der Waals surface area (Å²) in [5, 5.41) is 31.4. The van der Waals surface area contributed by atoms with E-state index in [2.05, 4.69) is 56.4 Å². The first-order chi connectivity index (χ1) is 28.0. The van der Waals surface area contributed by atoms with Crippen LogP contribution in [-0.2, 0) is 32.7 Å². The van der Waals surface area contributed by atoms with Crippen LogP contribution in [-0.4, -0.2) is 82.9 Å². The van der Waals surface area contributed by atoms with E-state index in [1.807, 2.05) is 12.2 Å². The molecule has 0 amide bonds. The van der Waals surface area contributed by atoms with Crippen LogP contribution in [0.1, 0.15) is 149 Å². The molecule has 1 saturated carbocycles. The van der Waals surface area contributed by atoms with Gasteiger partial charge in [0.1, 0.15) is 6.61 Å². The van der Waals surface area contributed by atoms with Crippen LogP contribution in [0.3, 0.4) is 0 Å². The Balaban J connectivity index is 2.42. The number of phosphoric acid groups is 1. The number of allylic oxidation sites excluding steroid dienone is 8. The smallest absolute Gasteiger partial charge is 0.462 e.